The lowest BCUT2D eigenvalue weighted by atomic mass is 10.1. The molecule has 0 N–H and O–H groups in total. The van der Waals surface area contributed by atoms with E-state index in [2.05, 4.69) is 26.4 Å². The SMILES string of the molecule is CN1CCN(Cc2ncn3c2CCCC3)CC1. The Balaban J connectivity index is 1.66. The molecule has 0 radical (unpaired) electrons. The maximum absolute atomic E-state index is 4.62. The van der Waals surface area contributed by atoms with Crippen LogP contribution in [0.1, 0.15) is 24.2 Å². The molecule has 0 amide bonds. The molecule has 2 aliphatic heterocycles. The molecule has 4 heteroatoms. The molecule has 4 nitrogen and oxygen atoms in total. The van der Waals surface area contributed by atoms with E-state index in [1.807, 2.05) is 6.33 Å². The molecule has 17 heavy (non-hydrogen) atoms. The largest absolute Gasteiger partial charge is 0.334 e. The molecule has 1 saturated heterocycles. The number of hydrogen-bond donors (Lipinski definition) is 0. The lowest BCUT2D eigenvalue weighted by Crippen LogP contribution is -2.44. The van der Waals surface area contributed by atoms with Crippen molar-refractivity contribution in [3.05, 3.63) is 17.7 Å². The van der Waals surface area contributed by atoms with Crippen LogP contribution in [0.2, 0.25) is 0 Å². The van der Waals surface area contributed by atoms with Crippen LogP contribution in [0.15, 0.2) is 6.33 Å². The Bertz CT molecular complexity index is 377. The van der Waals surface area contributed by atoms with Crippen molar-refractivity contribution >= 4 is 0 Å². The third-order valence-corrected chi connectivity index (χ3v) is 4.06. The molecule has 1 aromatic rings. The van der Waals surface area contributed by atoms with E-state index in [0.29, 0.717) is 0 Å². The zero-order chi connectivity index (χ0) is 11.7. The molecule has 94 valence electrons. The van der Waals surface area contributed by atoms with Crippen molar-refractivity contribution in [2.24, 2.45) is 0 Å². The third kappa shape index (κ3) is 2.38. The summed E-state index contributed by atoms with van der Waals surface area (Å²) < 4.78 is 2.36. The second-order valence-corrected chi connectivity index (χ2v) is 5.37. The summed E-state index contributed by atoms with van der Waals surface area (Å²) in [7, 11) is 2.20. The Hall–Kier alpha value is -0.870. The van der Waals surface area contributed by atoms with Crippen LogP contribution in [0, 0.1) is 0 Å². The van der Waals surface area contributed by atoms with Gasteiger partial charge in [-0.05, 0) is 26.3 Å². The summed E-state index contributed by atoms with van der Waals surface area (Å²) in [5.74, 6) is 0. The van der Waals surface area contributed by atoms with Crippen molar-refractivity contribution in [2.75, 3.05) is 33.2 Å². The quantitative estimate of drug-likeness (QED) is 0.762. The van der Waals surface area contributed by atoms with Crippen LogP contribution in [-0.4, -0.2) is 52.6 Å². The van der Waals surface area contributed by atoms with Gasteiger partial charge in [0.05, 0.1) is 12.0 Å². The lowest BCUT2D eigenvalue weighted by molar-refractivity contribution is 0.146. The average Bonchev–Trinajstić information content (AvgIpc) is 2.76. The van der Waals surface area contributed by atoms with Gasteiger partial charge in [-0.1, -0.05) is 0 Å². The van der Waals surface area contributed by atoms with Gasteiger partial charge in [0.25, 0.3) is 0 Å². The highest BCUT2D eigenvalue weighted by Gasteiger charge is 2.19. The van der Waals surface area contributed by atoms with Crippen molar-refractivity contribution in [1.82, 2.24) is 19.4 Å². The number of fused-ring (bicyclic) bond motifs is 1. The van der Waals surface area contributed by atoms with Crippen LogP contribution in [0.25, 0.3) is 0 Å². The van der Waals surface area contributed by atoms with Crippen molar-refractivity contribution in [3.8, 4) is 0 Å². The van der Waals surface area contributed by atoms with Gasteiger partial charge < -0.3 is 9.47 Å². The van der Waals surface area contributed by atoms with Gasteiger partial charge >= 0.3 is 0 Å². The zero-order valence-corrected chi connectivity index (χ0v) is 10.7. The Labute approximate surface area is 103 Å². The first-order valence-electron chi connectivity index (χ1n) is 6.77. The molecule has 0 saturated carbocycles. The second kappa shape index (κ2) is 4.78. The van der Waals surface area contributed by atoms with Crippen LogP contribution in [0.4, 0.5) is 0 Å². The number of piperazine rings is 1. The number of aromatic nitrogens is 2. The molecule has 2 aliphatic rings. The highest BCUT2D eigenvalue weighted by molar-refractivity contribution is 5.15. The topological polar surface area (TPSA) is 24.3 Å². The molecule has 0 bridgehead atoms. The maximum atomic E-state index is 4.62. The summed E-state index contributed by atoms with van der Waals surface area (Å²) in [5.41, 5.74) is 2.82. The van der Waals surface area contributed by atoms with E-state index in [4.69, 9.17) is 0 Å². The fourth-order valence-electron chi connectivity index (χ4n) is 2.85. The first-order chi connectivity index (χ1) is 8.33. The average molecular weight is 234 g/mol. The fraction of sp³-hybridized carbons (Fsp3) is 0.769. The number of rotatable bonds is 2. The highest BCUT2D eigenvalue weighted by atomic mass is 15.2. The first-order valence-corrected chi connectivity index (χ1v) is 6.77. The number of aryl methyl sites for hydroxylation is 1. The van der Waals surface area contributed by atoms with Crippen molar-refractivity contribution in [2.45, 2.75) is 32.4 Å². The molecule has 0 unspecified atom stereocenters. The molecule has 3 rings (SSSR count). The molecule has 3 heterocycles. The normalized spacial score (nSPS) is 22.6. The Kier molecular flexibility index (Phi) is 3.16. The van der Waals surface area contributed by atoms with E-state index < -0.39 is 0 Å². The minimum Gasteiger partial charge on any atom is -0.334 e. The number of imidazole rings is 1. The molecule has 1 fully saturated rings. The summed E-state index contributed by atoms with van der Waals surface area (Å²) in [6.07, 6.45) is 5.92. The Morgan fingerprint density at radius 1 is 1.12 bits per heavy atom. The molecular formula is C13H22N4. The third-order valence-electron chi connectivity index (χ3n) is 4.06. The maximum Gasteiger partial charge on any atom is 0.0952 e. The highest BCUT2D eigenvalue weighted by Crippen LogP contribution is 2.19. The first kappa shape index (κ1) is 11.2. The van der Waals surface area contributed by atoms with E-state index in [-0.39, 0.29) is 0 Å². The van der Waals surface area contributed by atoms with Crippen molar-refractivity contribution in [3.63, 3.8) is 0 Å². The summed E-state index contributed by atoms with van der Waals surface area (Å²) in [4.78, 5) is 9.56. The van der Waals surface area contributed by atoms with Gasteiger partial charge in [0.2, 0.25) is 0 Å². The Morgan fingerprint density at radius 2 is 1.94 bits per heavy atom. The summed E-state index contributed by atoms with van der Waals surface area (Å²) in [5, 5.41) is 0. The molecule has 1 aromatic heterocycles. The number of nitrogens with zero attached hydrogens (tertiary/aromatic N) is 4. The summed E-state index contributed by atoms with van der Waals surface area (Å²) >= 11 is 0. The lowest BCUT2D eigenvalue weighted by Gasteiger charge is -2.32. The number of hydrogen-bond acceptors (Lipinski definition) is 3. The van der Waals surface area contributed by atoms with Crippen molar-refractivity contribution < 1.29 is 0 Å². The predicted molar refractivity (Wildman–Crippen MR) is 67.9 cm³/mol. The Morgan fingerprint density at radius 3 is 2.76 bits per heavy atom. The van der Waals surface area contributed by atoms with E-state index in [9.17, 15) is 0 Å². The van der Waals surface area contributed by atoms with Gasteiger partial charge in [-0.15, -0.1) is 0 Å². The van der Waals surface area contributed by atoms with Crippen LogP contribution in [-0.2, 0) is 19.5 Å². The summed E-state index contributed by atoms with van der Waals surface area (Å²) in [6, 6.07) is 0. The zero-order valence-electron chi connectivity index (χ0n) is 10.7. The molecular weight excluding hydrogens is 212 g/mol. The van der Waals surface area contributed by atoms with Crippen LogP contribution in [0.5, 0.6) is 0 Å². The van der Waals surface area contributed by atoms with Gasteiger partial charge in [-0.2, -0.15) is 0 Å². The van der Waals surface area contributed by atoms with E-state index in [0.717, 1.165) is 6.54 Å². The monoisotopic (exact) mass is 234 g/mol. The van der Waals surface area contributed by atoms with Gasteiger partial charge in [0.15, 0.2) is 0 Å². The van der Waals surface area contributed by atoms with Crippen LogP contribution >= 0.6 is 0 Å². The molecule has 0 spiro atoms. The molecule has 0 aromatic carbocycles. The van der Waals surface area contributed by atoms with E-state index in [1.165, 1.54) is 63.4 Å². The fourth-order valence-corrected chi connectivity index (χ4v) is 2.85. The number of likely N-dealkylation sites (N-methyl/N-ethyl adjacent to an activating group) is 1. The second-order valence-electron chi connectivity index (χ2n) is 5.37. The van der Waals surface area contributed by atoms with Crippen LogP contribution in [0.3, 0.4) is 0 Å². The summed E-state index contributed by atoms with van der Waals surface area (Å²) in [6.45, 7) is 6.97. The van der Waals surface area contributed by atoms with Gasteiger partial charge in [0.1, 0.15) is 0 Å². The molecule has 0 aliphatic carbocycles. The van der Waals surface area contributed by atoms with Gasteiger partial charge in [-0.25, -0.2) is 4.98 Å². The standard InChI is InChI=1S/C13H22N4/c1-15-6-8-16(9-7-15)10-12-13-4-2-3-5-17(13)11-14-12/h11H,2-10H2,1H3. The molecule has 0 atom stereocenters. The van der Waals surface area contributed by atoms with Crippen molar-refractivity contribution in [1.29, 1.82) is 0 Å². The van der Waals surface area contributed by atoms with Crippen LogP contribution < -0.4 is 0 Å². The van der Waals surface area contributed by atoms with Gasteiger partial charge in [0, 0.05) is 45.0 Å². The minimum atomic E-state index is 1.05. The smallest absolute Gasteiger partial charge is 0.0952 e. The van der Waals surface area contributed by atoms with E-state index in [1.54, 1.807) is 0 Å². The predicted octanol–water partition coefficient (Wildman–Crippen LogP) is 0.967. The minimum absolute atomic E-state index is 1.05. The van der Waals surface area contributed by atoms with E-state index >= 15 is 0 Å². The van der Waals surface area contributed by atoms with Gasteiger partial charge in [-0.3, -0.25) is 4.90 Å².